The maximum absolute atomic E-state index is 6.45. The first-order chi connectivity index (χ1) is 8.39. The van der Waals surface area contributed by atoms with Crippen LogP contribution in [0.5, 0.6) is 0 Å². The Kier molecular flexibility index (Phi) is 7.16. The zero-order valence-corrected chi connectivity index (χ0v) is 17.3. The van der Waals surface area contributed by atoms with Gasteiger partial charge in [-0.2, -0.15) is 0 Å². The second-order valence-electron chi connectivity index (χ2n) is 7.75. The van der Waals surface area contributed by atoms with Crippen LogP contribution in [0.4, 0.5) is 0 Å². The SMILES string of the molecule is C=CCC[C@H](C#[C][Ge]([CH3])([CH3])[CH3])O[Si](C)(C)C(C)(C)C. The fourth-order valence-electron chi connectivity index (χ4n) is 1.26. The molecule has 0 aromatic carbocycles. The standard InChI is InChI=1S/C16H32GeOSi/c1-10-11-12-15(13-14-17(5,6)7)18-19(8,9)16(2,3)4/h10,15H,1,11-12H2,2-9H3/t15-/m1/s1. The van der Waals surface area contributed by atoms with Gasteiger partial charge in [0.15, 0.2) is 0 Å². The summed E-state index contributed by atoms with van der Waals surface area (Å²) in [6.07, 6.45) is 4.00. The van der Waals surface area contributed by atoms with Crippen LogP contribution in [-0.4, -0.2) is 27.7 Å². The average Bonchev–Trinajstić information content (AvgIpc) is 2.19. The zero-order chi connectivity index (χ0) is 15.3. The van der Waals surface area contributed by atoms with E-state index in [0.717, 1.165) is 12.8 Å². The summed E-state index contributed by atoms with van der Waals surface area (Å²) in [4.78, 5) is 0. The van der Waals surface area contributed by atoms with Crippen molar-refractivity contribution in [3.05, 3.63) is 12.7 Å². The molecule has 1 nitrogen and oxygen atoms in total. The predicted octanol–water partition coefficient (Wildman–Crippen LogP) is 5.22. The van der Waals surface area contributed by atoms with E-state index in [-0.39, 0.29) is 11.1 Å². The van der Waals surface area contributed by atoms with E-state index in [1.165, 1.54) is 0 Å². The van der Waals surface area contributed by atoms with Crippen molar-refractivity contribution in [3.63, 3.8) is 0 Å². The van der Waals surface area contributed by atoms with E-state index in [0.29, 0.717) is 0 Å². The third-order valence-corrected chi connectivity index (χ3v) is 9.85. The Bertz CT molecular complexity index is 350. The van der Waals surface area contributed by atoms with Crippen LogP contribution in [0, 0.1) is 10.7 Å². The Morgan fingerprint density at radius 3 is 2.16 bits per heavy atom. The van der Waals surface area contributed by atoms with Gasteiger partial charge < -0.3 is 0 Å². The van der Waals surface area contributed by atoms with Gasteiger partial charge in [-0.05, 0) is 0 Å². The molecule has 0 radical (unpaired) electrons. The molecule has 0 aliphatic rings. The molecule has 3 heteroatoms. The van der Waals surface area contributed by atoms with Gasteiger partial charge in [-0.1, -0.05) is 0 Å². The fraction of sp³-hybridized carbons (Fsp3) is 0.750. The fourth-order valence-corrected chi connectivity index (χ4v) is 3.75. The van der Waals surface area contributed by atoms with Crippen LogP contribution in [0.15, 0.2) is 12.7 Å². The summed E-state index contributed by atoms with van der Waals surface area (Å²) < 4.78 is 9.95. The van der Waals surface area contributed by atoms with Crippen LogP contribution in [0.25, 0.3) is 0 Å². The first-order valence-electron chi connectivity index (χ1n) is 7.20. The normalized spacial score (nSPS) is 14.5. The molecule has 1 atom stereocenters. The van der Waals surface area contributed by atoms with E-state index >= 15 is 0 Å². The Morgan fingerprint density at radius 1 is 1.26 bits per heavy atom. The first-order valence-corrected chi connectivity index (χ1v) is 17.5. The van der Waals surface area contributed by atoms with Crippen LogP contribution in [0.3, 0.4) is 0 Å². The molecular weight excluding hydrogens is 309 g/mol. The molecule has 19 heavy (non-hydrogen) atoms. The Hall–Kier alpha value is 0.0197. The minimum atomic E-state index is -1.81. The quantitative estimate of drug-likeness (QED) is 0.378. The van der Waals surface area contributed by atoms with Gasteiger partial charge in [0.2, 0.25) is 0 Å². The summed E-state index contributed by atoms with van der Waals surface area (Å²) in [5.74, 6) is 10.4. The molecule has 0 aromatic rings. The third kappa shape index (κ3) is 8.02. The van der Waals surface area contributed by atoms with Gasteiger partial charge in [-0.15, -0.1) is 0 Å². The topological polar surface area (TPSA) is 9.23 Å². The Morgan fingerprint density at radius 2 is 1.79 bits per heavy atom. The molecular formula is C16H32GeOSi. The monoisotopic (exact) mass is 342 g/mol. The number of rotatable bonds is 5. The van der Waals surface area contributed by atoms with Gasteiger partial charge in [0.05, 0.1) is 0 Å². The third-order valence-electron chi connectivity index (χ3n) is 3.48. The molecule has 0 bridgehead atoms. The number of hydrogen-bond acceptors (Lipinski definition) is 1. The number of hydrogen-bond donors (Lipinski definition) is 0. The van der Waals surface area contributed by atoms with E-state index in [1.54, 1.807) is 0 Å². The number of allylic oxidation sites excluding steroid dienone is 1. The predicted molar refractivity (Wildman–Crippen MR) is 92.6 cm³/mol. The van der Waals surface area contributed by atoms with E-state index in [4.69, 9.17) is 4.43 Å². The second kappa shape index (κ2) is 7.15. The molecule has 0 heterocycles. The zero-order valence-electron chi connectivity index (χ0n) is 14.2. The van der Waals surface area contributed by atoms with Crippen molar-refractivity contribution >= 4 is 21.6 Å². The molecule has 0 aliphatic heterocycles. The summed E-state index contributed by atoms with van der Waals surface area (Å²) in [6, 6.07) is 0. The first kappa shape index (κ1) is 19.0. The summed E-state index contributed by atoms with van der Waals surface area (Å²) in [7, 11) is -1.73. The van der Waals surface area contributed by atoms with E-state index in [1.807, 2.05) is 6.08 Å². The van der Waals surface area contributed by atoms with Crippen molar-refractivity contribution in [1.82, 2.24) is 0 Å². The summed E-state index contributed by atoms with van der Waals surface area (Å²) in [5.41, 5.74) is 0. The van der Waals surface area contributed by atoms with Gasteiger partial charge in [0.25, 0.3) is 0 Å². The molecule has 0 spiro atoms. The van der Waals surface area contributed by atoms with Gasteiger partial charge in [-0.3, -0.25) is 0 Å². The Labute approximate surface area is 124 Å². The molecule has 0 saturated heterocycles. The molecule has 0 unspecified atom stereocenters. The summed E-state index contributed by atoms with van der Waals surface area (Å²) in [5, 5.41) is 0.240. The van der Waals surface area contributed by atoms with E-state index in [2.05, 4.69) is 68.4 Å². The molecule has 110 valence electrons. The van der Waals surface area contributed by atoms with Gasteiger partial charge >= 0.3 is 124 Å². The maximum atomic E-state index is 6.45. The average molecular weight is 341 g/mol. The van der Waals surface area contributed by atoms with Crippen LogP contribution in [0.2, 0.25) is 35.4 Å². The van der Waals surface area contributed by atoms with Crippen LogP contribution in [0.1, 0.15) is 33.6 Å². The summed E-state index contributed by atoms with van der Waals surface area (Å²) in [6.45, 7) is 15.2. The molecule has 0 N–H and O–H groups in total. The molecule has 0 aliphatic carbocycles. The van der Waals surface area contributed by atoms with E-state index in [9.17, 15) is 0 Å². The molecule has 0 rings (SSSR count). The van der Waals surface area contributed by atoms with Crippen LogP contribution < -0.4 is 0 Å². The second-order valence-corrected chi connectivity index (χ2v) is 22.5. The van der Waals surface area contributed by atoms with Crippen molar-refractivity contribution in [1.29, 1.82) is 0 Å². The molecule has 0 fully saturated rings. The van der Waals surface area contributed by atoms with Gasteiger partial charge in [0.1, 0.15) is 0 Å². The molecule has 0 amide bonds. The van der Waals surface area contributed by atoms with E-state index < -0.39 is 21.6 Å². The van der Waals surface area contributed by atoms with Crippen molar-refractivity contribution < 1.29 is 4.43 Å². The Balaban J connectivity index is 4.96. The molecule has 0 aromatic heterocycles. The van der Waals surface area contributed by atoms with Crippen molar-refractivity contribution in [2.45, 2.75) is 75.1 Å². The van der Waals surface area contributed by atoms with Gasteiger partial charge in [0, 0.05) is 0 Å². The van der Waals surface area contributed by atoms with Crippen molar-refractivity contribution in [2.75, 3.05) is 0 Å². The van der Waals surface area contributed by atoms with Crippen LogP contribution in [-0.2, 0) is 4.43 Å². The van der Waals surface area contributed by atoms with Gasteiger partial charge in [-0.25, -0.2) is 0 Å². The summed E-state index contributed by atoms with van der Waals surface area (Å²) >= 11 is -1.81. The van der Waals surface area contributed by atoms with Crippen molar-refractivity contribution in [3.8, 4) is 10.7 Å². The minimum absolute atomic E-state index is 0.0868. The molecule has 0 saturated carbocycles. The van der Waals surface area contributed by atoms with Crippen molar-refractivity contribution in [2.24, 2.45) is 0 Å². The van der Waals surface area contributed by atoms with Crippen LogP contribution >= 0.6 is 0 Å².